The Balaban J connectivity index is 1.66. The largest absolute Gasteiger partial charge is 0.369 e. The van der Waals surface area contributed by atoms with Gasteiger partial charge < -0.3 is 9.80 Å². The average Bonchev–Trinajstić information content (AvgIpc) is 2.57. The van der Waals surface area contributed by atoms with Crippen molar-refractivity contribution in [1.82, 2.24) is 14.7 Å². The molecule has 2 saturated heterocycles. The van der Waals surface area contributed by atoms with Gasteiger partial charge in [-0.15, -0.1) is 0 Å². The van der Waals surface area contributed by atoms with Gasteiger partial charge in [0.1, 0.15) is 0 Å². The summed E-state index contributed by atoms with van der Waals surface area (Å²) in [7, 11) is 1.64. The maximum absolute atomic E-state index is 12.8. The molecule has 0 bridgehead atoms. The Kier molecular flexibility index (Phi) is 4.68. The van der Waals surface area contributed by atoms with Crippen molar-refractivity contribution in [3.8, 4) is 0 Å². The van der Waals surface area contributed by atoms with Gasteiger partial charge in [-0.1, -0.05) is 6.92 Å². The number of carbonyl (C=O) groups is 1. The summed E-state index contributed by atoms with van der Waals surface area (Å²) in [6.07, 6.45) is 5.87. The molecule has 6 heteroatoms. The molecule has 2 aliphatic heterocycles. The van der Waals surface area contributed by atoms with E-state index in [9.17, 15) is 9.59 Å². The third-order valence-electron chi connectivity index (χ3n) is 5.18. The molecule has 126 valence electrons. The van der Waals surface area contributed by atoms with Crippen LogP contribution in [0.15, 0.2) is 17.1 Å². The monoisotopic (exact) mass is 318 g/mol. The van der Waals surface area contributed by atoms with E-state index < -0.39 is 0 Å². The van der Waals surface area contributed by atoms with E-state index in [1.54, 1.807) is 19.3 Å². The fourth-order valence-electron chi connectivity index (χ4n) is 3.53. The van der Waals surface area contributed by atoms with Gasteiger partial charge in [0.05, 0.1) is 17.8 Å². The maximum Gasteiger partial charge on any atom is 0.268 e. The molecule has 0 N–H and O–H groups in total. The lowest BCUT2D eigenvalue weighted by Crippen LogP contribution is -2.47. The van der Waals surface area contributed by atoms with Gasteiger partial charge in [-0.3, -0.25) is 9.59 Å². The van der Waals surface area contributed by atoms with Crippen LogP contribution in [0.1, 0.15) is 32.6 Å². The van der Waals surface area contributed by atoms with E-state index in [4.69, 9.17) is 0 Å². The minimum absolute atomic E-state index is 0.0428. The predicted octanol–water partition coefficient (Wildman–Crippen LogP) is 1.26. The summed E-state index contributed by atoms with van der Waals surface area (Å²) in [5.41, 5.74) is 0.721. The van der Waals surface area contributed by atoms with Crippen LogP contribution in [0.4, 0.5) is 5.69 Å². The summed E-state index contributed by atoms with van der Waals surface area (Å²) in [5.74, 6) is 1.06. The number of piperidine rings is 2. The average molecular weight is 318 g/mol. The van der Waals surface area contributed by atoms with E-state index >= 15 is 0 Å². The van der Waals surface area contributed by atoms with Crippen LogP contribution in [0.25, 0.3) is 0 Å². The Morgan fingerprint density at radius 2 is 1.96 bits per heavy atom. The number of hydrogen-bond donors (Lipinski definition) is 0. The summed E-state index contributed by atoms with van der Waals surface area (Å²) in [6, 6.07) is 1.61. The number of amides is 1. The van der Waals surface area contributed by atoms with E-state index in [1.165, 1.54) is 4.68 Å². The van der Waals surface area contributed by atoms with Gasteiger partial charge in [-0.05, 0) is 31.6 Å². The number of nitrogens with zero attached hydrogens (tertiary/aromatic N) is 4. The molecule has 2 fully saturated rings. The third kappa shape index (κ3) is 3.57. The quantitative estimate of drug-likeness (QED) is 0.823. The van der Waals surface area contributed by atoms with Gasteiger partial charge in [0.2, 0.25) is 5.91 Å². The Morgan fingerprint density at radius 1 is 1.22 bits per heavy atom. The summed E-state index contributed by atoms with van der Waals surface area (Å²) < 4.78 is 1.32. The van der Waals surface area contributed by atoms with Crippen molar-refractivity contribution in [2.45, 2.75) is 32.6 Å². The predicted molar refractivity (Wildman–Crippen MR) is 89.4 cm³/mol. The highest BCUT2D eigenvalue weighted by Crippen LogP contribution is 2.25. The fraction of sp³-hybridized carbons (Fsp3) is 0.706. The van der Waals surface area contributed by atoms with Crippen molar-refractivity contribution in [3.05, 3.63) is 22.6 Å². The Morgan fingerprint density at radius 3 is 2.65 bits per heavy atom. The summed E-state index contributed by atoms with van der Waals surface area (Å²) in [6.45, 7) is 5.62. The van der Waals surface area contributed by atoms with E-state index in [1.807, 2.05) is 4.90 Å². The van der Waals surface area contributed by atoms with Crippen molar-refractivity contribution >= 4 is 11.6 Å². The van der Waals surface area contributed by atoms with E-state index in [0.717, 1.165) is 56.9 Å². The second-order valence-electron chi connectivity index (χ2n) is 6.97. The summed E-state index contributed by atoms with van der Waals surface area (Å²) >= 11 is 0. The normalized spacial score (nSPS) is 23.1. The van der Waals surface area contributed by atoms with E-state index in [0.29, 0.717) is 12.5 Å². The molecule has 0 unspecified atom stereocenters. The topological polar surface area (TPSA) is 58.4 Å². The molecule has 1 atom stereocenters. The molecule has 1 amide bonds. The van der Waals surface area contributed by atoms with Crippen LogP contribution in [0.3, 0.4) is 0 Å². The molecule has 23 heavy (non-hydrogen) atoms. The smallest absolute Gasteiger partial charge is 0.268 e. The van der Waals surface area contributed by atoms with Gasteiger partial charge in [0.15, 0.2) is 0 Å². The number of aromatic nitrogens is 2. The molecule has 0 radical (unpaired) electrons. The first-order chi connectivity index (χ1) is 11.0. The van der Waals surface area contributed by atoms with Crippen LogP contribution in [-0.2, 0) is 11.8 Å². The van der Waals surface area contributed by atoms with Crippen molar-refractivity contribution < 1.29 is 4.79 Å². The first-order valence-corrected chi connectivity index (χ1v) is 8.61. The highest BCUT2D eigenvalue weighted by atomic mass is 16.2. The molecule has 0 spiro atoms. The molecule has 0 aliphatic carbocycles. The van der Waals surface area contributed by atoms with Crippen LogP contribution in [0.2, 0.25) is 0 Å². The second-order valence-corrected chi connectivity index (χ2v) is 6.97. The van der Waals surface area contributed by atoms with Crippen LogP contribution in [0, 0.1) is 11.8 Å². The van der Waals surface area contributed by atoms with Gasteiger partial charge in [-0.2, -0.15) is 5.10 Å². The van der Waals surface area contributed by atoms with Gasteiger partial charge in [0.25, 0.3) is 5.56 Å². The molecule has 6 nitrogen and oxygen atoms in total. The van der Waals surface area contributed by atoms with Crippen molar-refractivity contribution in [2.24, 2.45) is 18.9 Å². The minimum Gasteiger partial charge on any atom is -0.369 e. The molecule has 0 saturated carbocycles. The van der Waals surface area contributed by atoms with Crippen LogP contribution in [-0.4, -0.2) is 46.8 Å². The van der Waals surface area contributed by atoms with Gasteiger partial charge >= 0.3 is 0 Å². The number of aryl methyl sites for hydroxylation is 1. The highest BCUT2D eigenvalue weighted by molar-refractivity contribution is 5.80. The van der Waals surface area contributed by atoms with Crippen molar-refractivity contribution in [3.63, 3.8) is 0 Å². The van der Waals surface area contributed by atoms with Crippen LogP contribution in [0.5, 0.6) is 0 Å². The zero-order chi connectivity index (χ0) is 16.4. The standard InChI is InChI=1S/C17H26N4O2/c1-13-5-8-20(9-6-13)17(23)14-4-3-7-21(12-14)15-10-16(22)19(2)18-11-15/h10-11,13-14H,3-9,12H2,1-2H3/t14-/m1/s1. The SMILES string of the molecule is CC1CCN(C(=O)[C@@H]2CCCN(c3cnn(C)c(=O)c3)C2)CC1. The molecule has 0 aromatic carbocycles. The van der Waals surface area contributed by atoms with Crippen molar-refractivity contribution in [2.75, 3.05) is 31.1 Å². The lowest BCUT2D eigenvalue weighted by atomic mass is 9.93. The molecule has 1 aromatic rings. The minimum atomic E-state index is -0.110. The summed E-state index contributed by atoms with van der Waals surface area (Å²) in [4.78, 5) is 28.7. The third-order valence-corrected chi connectivity index (χ3v) is 5.18. The summed E-state index contributed by atoms with van der Waals surface area (Å²) in [5, 5.41) is 4.09. The van der Waals surface area contributed by atoms with E-state index in [-0.39, 0.29) is 11.5 Å². The first kappa shape index (κ1) is 16.0. The highest BCUT2D eigenvalue weighted by Gasteiger charge is 2.31. The van der Waals surface area contributed by atoms with E-state index in [2.05, 4.69) is 16.9 Å². The lowest BCUT2D eigenvalue weighted by molar-refractivity contribution is -0.137. The maximum atomic E-state index is 12.8. The van der Waals surface area contributed by atoms with Gasteiger partial charge in [-0.25, -0.2) is 4.68 Å². The second kappa shape index (κ2) is 6.72. The lowest BCUT2D eigenvalue weighted by Gasteiger charge is -2.38. The Hall–Kier alpha value is -1.85. The Bertz CT molecular complexity index is 619. The zero-order valence-corrected chi connectivity index (χ0v) is 14.1. The number of likely N-dealkylation sites (tertiary alicyclic amines) is 1. The molecule has 2 aliphatic rings. The zero-order valence-electron chi connectivity index (χ0n) is 14.1. The molecular weight excluding hydrogens is 292 g/mol. The molecule has 3 rings (SSSR count). The van der Waals surface area contributed by atoms with Crippen molar-refractivity contribution in [1.29, 1.82) is 0 Å². The van der Waals surface area contributed by atoms with Crippen LogP contribution >= 0.6 is 0 Å². The van der Waals surface area contributed by atoms with Gasteiger partial charge in [0, 0.05) is 39.3 Å². The fourth-order valence-corrected chi connectivity index (χ4v) is 3.53. The molecular formula is C17H26N4O2. The molecule has 1 aromatic heterocycles. The number of anilines is 1. The number of carbonyl (C=O) groups excluding carboxylic acids is 1. The Labute approximate surface area is 137 Å². The number of hydrogen-bond acceptors (Lipinski definition) is 4. The van der Waals surface area contributed by atoms with Crippen LogP contribution < -0.4 is 10.5 Å². The first-order valence-electron chi connectivity index (χ1n) is 8.61. The number of rotatable bonds is 2. The molecule has 3 heterocycles.